The van der Waals surface area contributed by atoms with E-state index in [-0.39, 0.29) is 17.4 Å². The van der Waals surface area contributed by atoms with Gasteiger partial charge in [-0.3, -0.25) is 4.79 Å². The van der Waals surface area contributed by atoms with Gasteiger partial charge in [0, 0.05) is 24.2 Å². The molecule has 1 N–H and O–H groups in total. The third-order valence-corrected chi connectivity index (χ3v) is 3.42. The van der Waals surface area contributed by atoms with Crippen molar-refractivity contribution in [2.24, 2.45) is 0 Å². The van der Waals surface area contributed by atoms with Crippen molar-refractivity contribution in [2.45, 2.75) is 13.8 Å². The van der Waals surface area contributed by atoms with Crippen molar-refractivity contribution < 1.29 is 19.1 Å². The maximum Gasteiger partial charge on any atom is 0.290 e. The highest BCUT2D eigenvalue weighted by atomic mass is 16.5. The van der Waals surface area contributed by atoms with Crippen LogP contribution in [0.2, 0.25) is 0 Å². The first-order chi connectivity index (χ1) is 10.1. The minimum absolute atomic E-state index is 0.00463. The van der Waals surface area contributed by atoms with Gasteiger partial charge in [-0.1, -0.05) is 12.1 Å². The van der Waals surface area contributed by atoms with Crippen molar-refractivity contribution in [3.63, 3.8) is 0 Å². The zero-order valence-electron chi connectivity index (χ0n) is 12.4. The van der Waals surface area contributed by atoms with E-state index in [9.17, 15) is 9.90 Å². The first-order valence-corrected chi connectivity index (χ1v) is 6.87. The predicted molar refractivity (Wildman–Crippen MR) is 79.6 cm³/mol. The summed E-state index contributed by atoms with van der Waals surface area (Å²) in [5.41, 5.74) is 1.07. The molecule has 0 spiro atoms. The number of hydrogen-bond acceptors (Lipinski definition) is 4. The van der Waals surface area contributed by atoms with Crippen LogP contribution in [-0.2, 0) is 0 Å². The van der Waals surface area contributed by atoms with Gasteiger partial charge in [0.1, 0.15) is 0 Å². The smallest absolute Gasteiger partial charge is 0.290 e. The molecule has 0 atom stereocenters. The summed E-state index contributed by atoms with van der Waals surface area (Å²) in [6, 6.07) is 6.81. The summed E-state index contributed by atoms with van der Waals surface area (Å²) in [5.74, 6) is 0.384. The Hall–Kier alpha value is -2.43. The molecule has 21 heavy (non-hydrogen) atoms. The maximum absolute atomic E-state index is 12.4. The van der Waals surface area contributed by atoms with E-state index in [2.05, 4.69) is 0 Å². The van der Waals surface area contributed by atoms with Crippen molar-refractivity contribution in [1.29, 1.82) is 0 Å². The van der Waals surface area contributed by atoms with Crippen molar-refractivity contribution in [1.82, 2.24) is 4.90 Å². The van der Waals surface area contributed by atoms with Crippen LogP contribution in [0.1, 0.15) is 24.4 Å². The van der Waals surface area contributed by atoms with Crippen molar-refractivity contribution in [3.8, 4) is 22.6 Å². The molecule has 0 unspecified atom stereocenters. The lowest BCUT2D eigenvalue weighted by Crippen LogP contribution is -2.30. The highest BCUT2D eigenvalue weighted by molar-refractivity contribution is 5.99. The van der Waals surface area contributed by atoms with Crippen LogP contribution in [0.5, 0.6) is 11.5 Å². The van der Waals surface area contributed by atoms with Gasteiger partial charge in [0.25, 0.3) is 5.91 Å². The molecule has 0 radical (unpaired) electrons. The molecule has 0 saturated carbocycles. The van der Waals surface area contributed by atoms with E-state index in [0.29, 0.717) is 30.0 Å². The van der Waals surface area contributed by atoms with Crippen LogP contribution in [0.4, 0.5) is 0 Å². The summed E-state index contributed by atoms with van der Waals surface area (Å²) < 4.78 is 10.4. The van der Waals surface area contributed by atoms with Crippen LogP contribution in [0.25, 0.3) is 11.1 Å². The second-order valence-electron chi connectivity index (χ2n) is 4.50. The topological polar surface area (TPSA) is 62.9 Å². The molecule has 5 heteroatoms. The Morgan fingerprint density at radius 3 is 2.57 bits per heavy atom. The molecular formula is C16H19NO4. The Labute approximate surface area is 123 Å². The van der Waals surface area contributed by atoms with Crippen LogP contribution in [-0.4, -0.2) is 36.1 Å². The number of aromatic hydroxyl groups is 1. The molecule has 5 nitrogen and oxygen atoms in total. The predicted octanol–water partition coefficient (Wildman–Crippen LogP) is 3.14. The van der Waals surface area contributed by atoms with Gasteiger partial charge in [-0.05, 0) is 26.0 Å². The quantitative estimate of drug-likeness (QED) is 0.918. The van der Waals surface area contributed by atoms with Crippen LogP contribution in [0.3, 0.4) is 0 Å². The van der Waals surface area contributed by atoms with E-state index < -0.39 is 0 Å². The Morgan fingerprint density at radius 2 is 1.95 bits per heavy atom. The molecular weight excluding hydrogens is 270 g/mol. The number of para-hydroxylation sites is 1. The zero-order valence-corrected chi connectivity index (χ0v) is 12.4. The average Bonchev–Trinajstić information content (AvgIpc) is 2.97. The normalized spacial score (nSPS) is 10.4. The molecule has 0 aliphatic heterocycles. The third-order valence-electron chi connectivity index (χ3n) is 3.42. The number of nitrogens with zero attached hydrogens (tertiary/aromatic N) is 1. The summed E-state index contributed by atoms with van der Waals surface area (Å²) in [5, 5.41) is 10.2. The summed E-state index contributed by atoms with van der Waals surface area (Å²) in [4.78, 5) is 14.1. The highest BCUT2D eigenvalue weighted by Gasteiger charge is 2.23. The Morgan fingerprint density at radius 1 is 1.24 bits per heavy atom. The second kappa shape index (κ2) is 6.35. The van der Waals surface area contributed by atoms with E-state index in [1.54, 1.807) is 29.2 Å². The van der Waals surface area contributed by atoms with Crippen LogP contribution in [0.15, 0.2) is 34.9 Å². The largest absolute Gasteiger partial charge is 0.504 e. The molecule has 1 aromatic heterocycles. The molecule has 0 bridgehead atoms. The van der Waals surface area contributed by atoms with Gasteiger partial charge in [0.05, 0.1) is 13.4 Å². The number of hydrogen-bond donors (Lipinski definition) is 1. The minimum Gasteiger partial charge on any atom is -0.504 e. The van der Waals surface area contributed by atoms with Gasteiger partial charge in [0.15, 0.2) is 17.3 Å². The SMILES string of the molecule is CCN(CC)C(=O)c1occc1-c1cccc(OC)c1O. The standard InChI is InChI=1S/C16H19NO4/c1-4-17(5-2)16(19)15-12(9-10-21-15)11-7-6-8-13(20-3)14(11)18/h6-10,18H,4-5H2,1-3H3. The molecule has 112 valence electrons. The van der Waals surface area contributed by atoms with E-state index in [0.717, 1.165) is 0 Å². The zero-order chi connectivity index (χ0) is 15.4. The van der Waals surface area contributed by atoms with E-state index in [4.69, 9.17) is 9.15 Å². The van der Waals surface area contributed by atoms with Crippen LogP contribution >= 0.6 is 0 Å². The maximum atomic E-state index is 12.4. The average molecular weight is 289 g/mol. The van der Waals surface area contributed by atoms with E-state index in [1.807, 2.05) is 13.8 Å². The number of phenols is 1. The number of carbonyl (C=O) groups is 1. The van der Waals surface area contributed by atoms with Gasteiger partial charge >= 0.3 is 0 Å². The monoisotopic (exact) mass is 289 g/mol. The van der Waals surface area contributed by atoms with Gasteiger partial charge in [-0.25, -0.2) is 0 Å². The fourth-order valence-electron chi connectivity index (χ4n) is 2.25. The lowest BCUT2D eigenvalue weighted by Gasteiger charge is -2.18. The fourth-order valence-corrected chi connectivity index (χ4v) is 2.25. The number of methoxy groups -OCH3 is 1. The lowest BCUT2D eigenvalue weighted by molar-refractivity contribution is 0.0742. The third kappa shape index (κ3) is 2.72. The van der Waals surface area contributed by atoms with Crippen molar-refractivity contribution >= 4 is 5.91 Å². The van der Waals surface area contributed by atoms with E-state index in [1.165, 1.54) is 13.4 Å². The lowest BCUT2D eigenvalue weighted by atomic mass is 10.0. The molecule has 0 saturated heterocycles. The Bertz CT molecular complexity index is 629. The number of rotatable bonds is 5. The number of phenolic OH excluding ortho intramolecular Hbond substituents is 1. The molecule has 2 aromatic rings. The molecule has 0 aliphatic rings. The van der Waals surface area contributed by atoms with Gasteiger partial charge in [0.2, 0.25) is 0 Å². The first-order valence-electron chi connectivity index (χ1n) is 6.87. The first kappa shape index (κ1) is 15.0. The number of amides is 1. The van der Waals surface area contributed by atoms with Crippen LogP contribution < -0.4 is 4.74 Å². The van der Waals surface area contributed by atoms with Crippen LogP contribution in [0, 0.1) is 0 Å². The minimum atomic E-state index is -0.192. The summed E-state index contributed by atoms with van der Waals surface area (Å²) in [7, 11) is 1.48. The number of carbonyl (C=O) groups excluding carboxylic acids is 1. The molecule has 0 fully saturated rings. The van der Waals surface area contributed by atoms with Gasteiger partial charge in [-0.15, -0.1) is 0 Å². The summed E-state index contributed by atoms with van der Waals surface area (Å²) in [6.07, 6.45) is 1.45. The van der Waals surface area contributed by atoms with Gasteiger partial charge in [-0.2, -0.15) is 0 Å². The molecule has 0 aliphatic carbocycles. The van der Waals surface area contributed by atoms with Gasteiger partial charge < -0.3 is 19.2 Å². The molecule has 1 amide bonds. The number of ether oxygens (including phenoxy) is 1. The van der Waals surface area contributed by atoms with E-state index >= 15 is 0 Å². The summed E-state index contributed by atoms with van der Waals surface area (Å²) in [6.45, 7) is 5.01. The molecule has 1 heterocycles. The second-order valence-corrected chi connectivity index (χ2v) is 4.50. The van der Waals surface area contributed by atoms with Crippen molar-refractivity contribution in [2.75, 3.05) is 20.2 Å². The Balaban J connectivity index is 2.48. The fraction of sp³-hybridized carbons (Fsp3) is 0.312. The van der Waals surface area contributed by atoms with Crippen molar-refractivity contribution in [3.05, 3.63) is 36.3 Å². The number of benzene rings is 1. The molecule has 1 aromatic carbocycles. The number of furan rings is 1. The highest BCUT2D eigenvalue weighted by Crippen LogP contribution is 2.38. The molecule has 2 rings (SSSR count). The summed E-state index contributed by atoms with van der Waals surface area (Å²) >= 11 is 0. The Kier molecular flexibility index (Phi) is 4.52.